The van der Waals surface area contributed by atoms with Crippen molar-refractivity contribution in [3.05, 3.63) is 52.9 Å². The second-order valence-electron chi connectivity index (χ2n) is 4.96. The molecule has 2 aromatic carbocycles. The number of anilines is 1. The maximum absolute atomic E-state index is 13.5. The molecule has 4 nitrogen and oxygen atoms in total. The number of hydrogen-bond acceptors (Lipinski definition) is 3. The average molecular weight is 339 g/mol. The molecule has 0 aliphatic rings. The zero-order valence-electron chi connectivity index (χ0n) is 11.5. The van der Waals surface area contributed by atoms with E-state index in [-0.39, 0.29) is 14.8 Å². The zero-order valence-corrected chi connectivity index (χ0v) is 13.1. The molecule has 0 bridgehead atoms. The number of H-pyrrole nitrogens is 1. The van der Waals surface area contributed by atoms with Gasteiger partial charge in [0.15, 0.2) is 0 Å². The summed E-state index contributed by atoms with van der Waals surface area (Å²) in [5.74, 6) is -0.502. The van der Waals surface area contributed by atoms with E-state index in [9.17, 15) is 12.8 Å². The quantitative estimate of drug-likeness (QED) is 0.700. The van der Waals surface area contributed by atoms with Gasteiger partial charge in [0, 0.05) is 16.6 Å². The molecule has 3 rings (SSSR count). The lowest BCUT2D eigenvalue weighted by Crippen LogP contribution is -2.04. The summed E-state index contributed by atoms with van der Waals surface area (Å²) in [5.41, 5.74) is 6.90. The van der Waals surface area contributed by atoms with E-state index in [2.05, 4.69) is 4.98 Å². The first kappa shape index (κ1) is 14.9. The van der Waals surface area contributed by atoms with Crippen LogP contribution in [0, 0.1) is 12.7 Å². The third-order valence-electron chi connectivity index (χ3n) is 3.44. The fraction of sp³-hybridized carbons (Fsp3) is 0.0667. The van der Waals surface area contributed by atoms with Crippen molar-refractivity contribution >= 4 is 38.0 Å². The molecule has 0 amide bonds. The molecule has 22 heavy (non-hydrogen) atoms. The zero-order chi connectivity index (χ0) is 16.1. The van der Waals surface area contributed by atoms with Crippen molar-refractivity contribution in [3.63, 3.8) is 0 Å². The van der Waals surface area contributed by atoms with Crippen molar-refractivity contribution in [1.29, 1.82) is 0 Å². The second-order valence-corrected chi connectivity index (χ2v) is 7.25. The molecule has 7 heteroatoms. The van der Waals surface area contributed by atoms with Crippen molar-refractivity contribution in [2.75, 3.05) is 5.73 Å². The summed E-state index contributed by atoms with van der Waals surface area (Å²) in [6.45, 7) is 1.63. The van der Waals surface area contributed by atoms with Crippen molar-refractivity contribution < 1.29 is 12.8 Å². The lowest BCUT2D eigenvalue weighted by molar-refractivity contribution is 0.596. The number of nitrogen functional groups attached to an aromatic ring is 1. The first-order valence-electron chi connectivity index (χ1n) is 6.38. The first-order valence-corrected chi connectivity index (χ1v) is 8.25. The number of halogens is 2. The highest BCUT2D eigenvalue weighted by molar-refractivity contribution is 7.91. The molecule has 114 valence electrons. The van der Waals surface area contributed by atoms with Gasteiger partial charge in [-0.05, 0) is 43.3 Å². The van der Waals surface area contributed by atoms with Crippen LogP contribution in [-0.4, -0.2) is 13.4 Å². The van der Waals surface area contributed by atoms with Gasteiger partial charge >= 0.3 is 0 Å². The predicted molar refractivity (Wildman–Crippen MR) is 84.3 cm³/mol. The summed E-state index contributed by atoms with van der Waals surface area (Å²) < 4.78 is 39.2. The van der Waals surface area contributed by atoms with Crippen molar-refractivity contribution in [2.45, 2.75) is 16.7 Å². The molecule has 0 saturated carbocycles. The van der Waals surface area contributed by atoms with Crippen molar-refractivity contribution in [2.24, 2.45) is 0 Å². The number of aryl methyl sites for hydroxylation is 1. The molecule has 0 unspecified atom stereocenters. The topological polar surface area (TPSA) is 76.0 Å². The fourth-order valence-electron chi connectivity index (χ4n) is 2.41. The number of benzene rings is 2. The molecule has 0 atom stereocenters. The summed E-state index contributed by atoms with van der Waals surface area (Å²) in [5, 5.41) is 0.468. The van der Waals surface area contributed by atoms with E-state index >= 15 is 0 Å². The number of fused-ring (bicyclic) bond motifs is 1. The fourth-order valence-corrected chi connectivity index (χ4v) is 4.33. The van der Waals surface area contributed by atoms with Crippen LogP contribution in [0.1, 0.15) is 5.69 Å². The van der Waals surface area contributed by atoms with Gasteiger partial charge in [0.2, 0.25) is 9.84 Å². The molecule has 0 spiro atoms. The number of sulfone groups is 1. The van der Waals surface area contributed by atoms with E-state index in [1.54, 1.807) is 6.92 Å². The lowest BCUT2D eigenvalue weighted by atomic mass is 10.2. The van der Waals surface area contributed by atoms with Gasteiger partial charge in [-0.15, -0.1) is 0 Å². The molecule has 3 N–H and O–H groups in total. The van der Waals surface area contributed by atoms with Gasteiger partial charge in [-0.25, -0.2) is 12.8 Å². The second kappa shape index (κ2) is 5.00. The maximum Gasteiger partial charge on any atom is 0.209 e. The minimum Gasteiger partial charge on any atom is -0.398 e. The Labute approximate surface area is 131 Å². The monoisotopic (exact) mass is 338 g/mol. The molecule has 3 aromatic rings. The molecule has 0 saturated heterocycles. The van der Waals surface area contributed by atoms with Gasteiger partial charge < -0.3 is 10.7 Å². The number of aromatic amines is 1. The summed E-state index contributed by atoms with van der Waals surface area (Å²) >= 11 is 5.91. The number of nitrogens with two attached hydrogens (primary N) is 1. The highest BCUT2D eigenvalue weighted by atomic mass is 35.5. The predicted octanol–water partition coefficient (Wildman–Crippen LogP) is 3.68. The minimum atomic E-state index is -3.85. The normalized spacial score (nSPS) is 12.0. The smallest absolute Gasteiger partial charge is 0.209 e. The molecule has 1 heterocycles. The van der Waals surface area contributed by atoms with Gasteiger partial charge in [-0.2, -0.15) is 0 Å². The Bertz CT molecular complexity index is 996. The van der Waals surface area contributed by atoms with Crippen LogP contribution < -0.4 is 5.73 Å². The highest BCUT2D eigenvalue weighted by Gasteiger charge is 2.25. The number of nitrogens with one attached hydrogen (secondary N) is 1. The van der Waals surface area contributed by atoms with Gasteiger partial charge in [-0.3, -0.25) is 0 Å². The molecule has 0 radical (unpaired) electrons. The molecule has 0 aliphatic carbocycles. The Kier molecular flexibility index (Phi) is 3.38. The Morgan fingerprint density at radius 3 is 2.59 bits per heavy atom. The first-order chi connectivity index (χ1) is 10.3. The third kappa shape index (κ3) is 2.24. The lowest BCUT2D eigenvalue weighted by Gasteiger charge is -2.07. The van der Waals surface area contributed by atoms with E-state index in [0.29, 0.717) is 22.3 Å². The van der Waals surface area contributed by atoms with Gasteiger partial charge in [0.1, 0.15) is 10.7 Å². The Hall–Kier alpha value is -2.05. The summed E-state index contributed by atoms with van der Waals surface area (Å²) in [4.78, 5) is 3.01. The van der Waals surface area contributed by atoms with Crippen LogP contribution in [0.25, 0.3) is 10.9 Å². The Morgan fingerprint density at radius 1 is 1.18 bits per heavy atom. The summed E-state index contributed by atoms with van der Waals surface area (Å²) in [7, 11) is -3.85. The van der Waals surface area contributed by atoms with Crippen LogP contribution in [-0.2, 0) is 9.84 Å². The summed E-state index contributed by atoms with van der Waals surface area (Å²) in [6, 6.07) is 8.09. The van der Waals surface area contributed by atoms with Gasteiger partial charge in [0.25, 0.3) is 0 Å². The van der Waals surface area contributed by atoms with Crippen LogP contribution >= 0.6 is 11.6 Å². The molecule has 1 aromatic heterocycles. The van der Waals surface area contributed by atoms with E-state index in [4.69, 9.17) is 17.3 Å². The van der Waals surface area contributed by atoms with E-state index in [0.717, 1.165) is 0 Å². The maximum atomic E-state index is 13.5. The number of aromatic nitrogens is 1. The average Bonchev–Trinajstić information content (AvgIpc) is 2.77. The van der Waals surface area contributed by atoms with Gasteiger partial charge in [0.05, 0.1) is 15.6 Å². The number of hydrogen-bond donors (Lipinski definition) is 2. The number of rotatable bonds is 2. The van der Waals surface area contributed by atoms with Gasteiger partial charge in [-0.1, -0.05) is 11.6 Å². The molecular weight excluding hydrogens is 327 g/mol. The molecule has 0 aliphatic heterocycles. The van der Waals surface area contributed by atoms with Crippen LogP contribution in [0.2, 0.25) is 5.02 Å². The van der Waals surface area contributed by atoms with Crippen LogP contribution in [0.15, 0.2) is 46.2 Å². The Balaban J connectivity index is 2.31. The molecule has 0 fully saturated rings. The van der Waals surface area contributed by atoms with E-state index in [1.165, 1.54) is 36.4 Å². The standard InChI is InChI=1S/C15H12ClFN2O2S/c1-8-15(11-6-9(17)2-5-14(11)19-8)22(20,21)10-3-4-13(18)12(16)7-10/h2-7,19H,18H2,1H3. The highest BCUT2D eigenvalue weighted by Crippen LogP contribution is 2.33. The SMILES string of the molecule is Cc1[nH]c2ccc(F)cc2c1S(=O)(=O)c1ccc(N)c(Cl)c1. The van der Waals surface area contributed by atoms with Crippen molar-refractivity contribution in [1.82, 2.24) is 4.98 Å². The Morgan fingerprint density at radius 2 is 1.91 bits per heavy atom. The molecular formula is C15H12ClFN2O2S. The minimum absolute atomic E-state index is 0.0139. The van der Waals surface area contributed by atoms with Crippen LogP contribution in [0.5, 0.6) is 0 Å². The van der Waals surface area contributed by atoms with E-state index < -0.39 is 15.7 Å². The van der Waals surface area contributed by atoms with Crippen LogP contribution in [0.4, 0.5) is 10.1 Å². The largest absolute Gasteiger partial charge is 0.398 e. The summed E-state index contributed by atoms with van der Waals surface area (Å²) in [6.07, 6.45) is 0. The van der Waals surface area contributed by atoms with E-state index in [1.807, 2.05) is 0 Å². The third-order valence-corrected chi connectivity index (χ3v) is 5.71. The van der Waals surface area contributed by atoms with Crippen molar-refractivity contribution in [3.8, 4) is 0 Å². The van der Waals surface area contributed by atoms with Crippen LogP contribution in [0.3, 0.4) is 0 Å².